The largest absolute Gasteiger partial charge is 0.452 e. The van der Waals surface area contributed by atoms with E-state index in [-0.39, 0.29) is 16.9 Å². The van der Waals surface area contributed by atoms with Crippen molar-refractivity contribution < 1.29 is 32.4 Å². The lowest BCUT2D eigenvalue weighted by molar-refractivity contribution is -0.384. The van der Waals surface area contributed by atoms with Crippen LogP contribution in [-0.2, 0) is 9.53 Å². The van der Waals surface area contributed by atoms with Crippen molar-refractivity contribution >= 4 is 28.9 Å². The normalized spacial score (nSPS) is 10.3. The Morgan fingerprint density at radius 2 is 1.85 bits per heavy atom. The van der Waals surface area contributed by atoms with Gasteiger partial charge in [-0.3, -0.25) is 14.9 Å². The van der Waals surface area contributed by atoms with Gasteiger partial charge in [-0.2, -0.15) is 0 Å². The summed E-state index contributed by atoms with van der Waals surface area (Å²) in [5.41, 5.74) is 4.07. The zero-order chi connectivity index (χ0) is 19.4. The Bertz CT molecular complexity index is 904. The van der Waals surface area contributed by atoms with Crippen molar-refractivity contribution in [1.29, 1.82) is 0 Å². The number of nitrogens with two attached hydrogens (primary N) is 1. The lowest BCUT2D eigenvalue weighted by atomic mass is 10.1. The van der Waals surface area contributed by atoms with Gasteiger partial charge in [0.15, 0.2) is 24.1 Å². The maximum atomic E-state index is 13.4. The van der Waals surface area contributed by atoms with Gasteiger partial charge >= 0.3 is 5.97 Å². The van der Waals surface area contributed by atoms with E-state index in [1.807, 2.05) is 5.32 Å². The highest BCUT2D eigenvalue weighted by Gasteiger charge is 2.18. The van der Waals surface area contributed by atoms with Crippen molar-refractivity contribution in [2.45, 2.75) is 0 Å². The fourth-order valence-electron chi connectivity index (χ4n) is 1.87. The molecule has 0 unspecified atom stereocenters. The van der Waals surface area contributed by atoms with Gasteiger partial charge in [0.05, 0.1) is 21.9 Å². The molecule has 2 aromatic carbocycles. The van der Waals surface area contributed by atoms with Crippen LogP contribution in [0, 0.1) is 27.6 Å². The van der Waals surface area contributed by atoms with Crippen molar-refractivity contribution in [3.63, 3.8) is 0 Å². The van der Waals surface area contributed by atoms with Crippen molar-refractivity contribution in [3.8, 4) is 0 Å². The predicted molar refractivity (Wildman–Crippen MR) is 82.7 cm³/mol. The van der Waals surface area contributed by atoms with Crippen LogP contribution in [0.5, 0.6) is 0 Å². The van der Waals surface area contributed by atoms with E-state index >= 15 is 0 Å². The van der Waals surface area contributed by atoms with Crippen molar-refractivity contribution in [2.75, 3.05) is 17.7 Å². The van der Waals surface area contributed by atoms with Crippen LogP contribution in [0.1, 0.15) is 10.4 Å². The number of benzene rings is 2. The van der Waals surface area contributed by atoms with Crippen LogP contribution in [0.4, 0.5) is 30.2 Å². The Morgan fingerprint density at radius 3 is 2.46 bits per heavy atom. The molecule has 0 saturated heterocycles. The number of carbonyl (C=O) groups excluding carboxylic acids is 2. The van der Waals surface area contributed by atoms with Gasteiger partial charge in [0.2, 0.25) is 0 Å². The first-order valence-corrected chi connectivity index (χ1v) is 6.85. The summed E-state index contributed by atoms with van der Waals surface area (Å²) >= 11 is 0. The number of non-ortho nitro benzene ring substituents is 1. The number of amides is 1. The summed E-state index contributed by atoms with van der Waals surface area (Å²) in [6.45, 7) is -0.881. The number of nitrogen functional groups attached to an aromatic ring is 1. The van der Waals surface area contributed by atoms with E-state index in [0.29, 0.717) is 6.07 Å². The first-order valence-electron chi connectivity index (χ1n) is 6.85. The van der Waals surface area contributed by atoms with Crippen LogP contribution in [0.15, 0.2) is 30.3 Å². The maximum absolute atomic E-state index is 13.4. The number of halogens is 3. The molecule has 3 N–H and O–H groups in total. The molecule has 0 aromatic heterocycles. The first-order chi connectivity index (χ1) is 12.2. The Morgan fingerprint density at radius 1 is 1.15 bits per heavy atom. The Kier molecular flexibility index (Phi) is 5.40. The number of carbonyl (C=O) groups is 2. The molecule has 1 amide bonds. The molecular weight excluding hydrogens is 359 g/mol. The molecule has 0 bridgehead atoms. The van der Waals surface area contributed by atoms with E-state index in [1.54, 1.807) is 0 Å². The molecule has 0 heterocycles. The van der Waals surface area contributed by atoms with E-state index in [4.69, 9.17) is 5.73 Å². The Labute approximate surface area is 143 Å². The standard InChI is InChI=1S/C15H10F3N3O5/c16-9-3-4-11(14(18)13(9)17)20-12(22)6-26-15(23)8-2-1-7(21(24)25)5-10(8)19/h1-5H,6,19H2,(H,20,22). The van der Waals surface area contributed by atoms with Crippen molar-refractivity contribution in [2.24, 2.45) is 0 Å². The maximum Gasteiger partial charge on any atom is 0.340 e. The number of hydrogen-bond acceptors (Lipinski definition) is 6. The molecule has 0 atom stereocenters. The molecule has 0 radical (unpaired) electrons. The van der Waals surface area contributed by atoms with E-state index in [2.05, 4.69) is 4.74 Å². The minimum atomic E-state index is -1.77. The summed E-state index contributed by atoms with van der Waals surface area (Å²) in [5.74, 6) is -6.88. The summed E-state index contributed by atoms with van der Waals surface area (Å²) in [5, 5.41) is 12.5. The highest BCUT2D eigenvalue weighted by atomic mass is 19.2. The monoisotopic (exact) mass is 369 g/mol. The summed E-state index contributed by atoms with van der Waals surface area (Å²) in [4.78, 5) is 33.3. The minimum Gasteiger partial charge on any atom is -0.452 e. The van der Waals surface area contributed by atoms with E-state index in [9.17, 15) is 32.9 Å². The summed E-state index contributed by atoms with van der Waals surface area (Å²) < 4.78 is 43.9. The predicted octanol–water partition coefficient (Wildman–Crippen LogP) is 2.39. The second kappa shape index (κ2) is 7.51. The third-order valence-electron chi connectivity index (χ3n) is 3.11. The molecule has 0 aliphatic rings. The van der Waals surface area contributed by atoms with Crippen LogP contribution in [-0.4, -0.2) is 23.4 Å². The van der Waals surface area contributed by atoms with Crippen LogP contribution < -0.4 is 11.1 Å². The van der Waals surface area contributed by atoms with E-state index < -0.39 is 46.5 Å². The molecule has 0 saturated carbocycles. The van der Waals surface area contributed by atoms with E-state index in [1.165, 1.54) is 0 Å². The number of nitro benzene ring substituents is 1. The summed E-state index contributed by atoms with van der Waals surface area (Å²) in [7, 11) is 0. The van der Waals surface area contributed by atoms with Gasteiger partial charge in [-0.05, 0) is 18.2 Å². The number of hydrogen-bond donors (Lipinski definition) is 2. The molecule has 2 aromatic rings. The highest BCUT2D eigenvalue weighted by molar-refractivity contribution is 5.98. The Balaban J connectivity index is 2.00. The quantitative estimate of drug-likeness (QED) is 0.274. The van der Waals surface area contributed by atoms with Gasteiger partial charge in [-0.25, -0.2) is 18.0 Å². The zero-order valence-corrected chi connectivity index (χ0v) is 12.8. The van der Waals surface area contributed by atoms with Crippen molar-refractivity contribution in [3.05, 3.63) is 63.5 Å². The molecule has 136 valence electrons. The van der Waals surface area contributed by atoms with Crippen LogP contribution in [0.2, 0.25) is 0 Å². The average Bonchev–Trinajstić information content (AvgIpc) is 2.60. The van der Waals surface area contributed by atoms with Gasteiger partial charge < -0.3 is 15.8 Å². The fraction of sp³-hybridized carbons (Fsp3) is 0.0667. The van der Waals surface area contributed by atoms with Gasteiger partial charge in [-0.15, -0.1) is 0 Å². The topological polar surface area (TPSA) is 125 Å². The molecule has 2 rings (SSSR count). The second-order valence-corrected chi connectivity index (χ2v) is 4.88. The highest BCUT2D eigenvalue weighted by Crippen LogP contribution is 2.21. The minimum absolute atomic E-state index is 0.220. The lowest BCUT2D eigenvalue weighted by Crippen LogP contribution is -2.22. The number of esters is 1. The van der Waals surface area contributed by atoms with Crippen LogP contribution in [0.3, 0.4) is 0 Å². The van der Waals surface area contributed by atoms with Crippen LogP contribution in [0.25, 0.3) is 0 Å². The number of ether oxygens (including phenoxy) is 1. The SMILES string of the molecule is Nc1cc([N+](=O)[O-])ccc1C(=O)OCC(=O)Nc1ccc(F)c(F)c1F. The molecule has 0 spiro atoms. The van der Waals surface area contributed by atoms with E-state index in [0.717, 1.165) is 24.3 Å². The van der Waals surface area contributed by atoms with Crippen molar-refractivity contribution in [1.82, 2.24) is 0 Å². The second-order valence-electron chi connectivity index (χ2n) is 4.88. The smallest absolute Gasteiger partial charge is 0.340 e. The molecule has 0 aliphatic carbocycles. The average molecular weight is 369 g/mol. The molecule has 0 aliphatic heterocycles. The number of rotatable bonds is 5. The third-order valence-corrected chi connectivity index (χ3v) is 3.11. The van der Waals surface area contributed by atoms with Crippen LogP contribution >= 0.6 is 0 Å². The number of nitrogens with zero attached hydrogens (tertiary/aromatic N) is 1. The zero-order valence-electron chi connectivity index (χ0n) is 12.8. The molecule has 26 heavy (non-hydrogen) atoms. The first kappa shape index (κ1) is 18.7. The number of nitrogens with one attached hydrogen (secondary N) is 1. The summed E-state index contributed by atoms with van der Waals surface area (Å²) in [6.07, 6.45) is 0. The fourth-order valence-corrected chi connectivity index (χ4v) is 1.87. The third kappa shape index (κ3) is 4.06. The molecule has 8 nitrogen and oxygen atoms in total. The van der Waals surface area contributed by atoms with Gasteiger partial charge in [0.25, 0.3) is 11.6 Å². The molecule has 0 fully saturated rings. The van der Waals surface area contributed by atoms with Gasteiger partial charge in [-0.1, -0.05) is 0 Å². The summed E-state index contributed by atoms with van der Waals surface area (Å²) in [6, 6.07) is 4.40. The lowest BCUT2D eigenvalue weighted by Gasteiger charge is -2.09. The number of nitro groups is 1. The molecule has 11 heteroatoms. The van der Waals surface area contributed by atoms with Gasteiger partial charge in [0.1, 0.15) is 0 Å². The Hall–Kier alpha value is -3.63. The van der Waals surface area contributed by atoms with Gasteiger partial charge in [0, 0.05) is 12.1 Å². The molecular formula is C15H10F3N3O5. The number of anilines is 2.